The van der Waals surface area contributed by atoms with Crippen LogP contribution in [0.1, 0.15) is 6.92 Å². The lowest BCUT2D eigenvalue weighted by molar-refractivity contribution is 0.108. The molecule has 17 heavy (non-hydrogen) atoms. The molecule has 4 nitrogen and oxygen atoms in total. The first-order chi connectivity index (χ1) is 8.19. The number of hydrogen-bond acceptors (Lipinski definition) is 4. The third-order valence-electron chi connectivity index (χ3n) is 2.69. The molecule has 4 heteroatoms. The van der Waals surface area contributed by atoms with Crippen LogP contribution in [0.5, 0.6) is 0 Å². The third-order valence-corrected chi connectivity index (χ3v) is 2.69. The molecule has 1 unspecified atom stereocenters. The van der Waals surface area contributed by atoms with Gasteiger partial charge in [0, 0.05) is 38.8 Å². The highest BCUT2D eigenvalue weighted by molar-refractivity contribution is 4.82. The summed E-state index contributed by atoms with van der Waals surface area (Å²) < 4.78 is 0. The summed E-state index contributed by atoms with van der Waals surface area (Å²) in [5, 5.41) is 18.0. The molecule has 0 fully saturated rings. The minimum Gasteiger partial charge on any atom is -0.395 e. The van der Waals surface area contributed by atoms with Crippen LogP contribution in [0.3, 0.4) is 0 Å². The van der Waals surface area contributed by atoms with E-state index in [1.54, 1.807) is 0 Å². The van der Waals surface area contributed by atoms with Gasteiger partial charge in [0.2, 0.25) is 0 Å². The zero-order valence-corrected chi connectivity index (χ0v) is 10.9. The average molecular weight is 242 g/mol. The van der Waals surface area contributed by atoms with Crippen LogP contribution in [0.25, 0.3) is 0 Å². The highest BCUT2D eigenvalue weighted by atomic mass is 16.3. The van der Waals surface area contributed by atoms with Crippen molar-refractivity contribution in [2.75, 3.05) is 45.9 Å². The zero-order chi connectivity index (χ0) is 13.1. The molecule has 100 valence electrons. The van der Waals surface area contributed by atoms with Gasteiger partial charge in [0.15, 0.2) is 0 Å². The van der Waals surface area contributed by atoms with Gasteiger partial charge >= 0.3 is 0 Å². The Hall–Kier alpha value is -0.680. The van der Waals surface area contributed by atoms with Crippen LogP contribution in [0.2, 0.25) is 0 Å². The van der Waals surface area contributed by atoms with E-state index in [1.807, 2.05) is 12.2 Å². The predicted molar refractivity (Wildman–Crippen MR) is 72.0 cm³/mol. The molecule has 0 aliphatic heterocycles. The lowest BCUT2D eigenvalue weighted by Crippen LogP contribution is -2.44. The van der Waals surface area contributed by atoms with E-state index in [0.29, 0.717) is 13.1 Å². The van der Waals surface area contributed by atoms with Gasteiger partial charge in [-0.3, -0.25) is 9.80 Å². The molecule has 0 bridgehead atoms. The quantitative estimate of drug-likeness (QED) is 0.513. The fraction of sp³-hybridized carbons (Fsp3) is 0.692. The molecule has 0 saturated heterocycles. The first-order valence-corrected chi connectivity index (χ1v) is 6.09. The summed E-state index contributed by atoms with van der Waals surface area (Å²) in [6.07, 6.45) is 3.75. The second-order valence-corrected chi connectivity index (χ2v) is 4.13. The van der Waals surface area contributed by atoms with E-state index >= 15 is 0 Å². The Balaban J connectivity index is 4.25. The lowest BCUT2D eigenvalue weighted by Gasteiger charge is -2.32. The summed E-state index contributed by atoms with van der Waals surface area (Å²) in [4.78, 5) is 4.31. The molecule has 0 aromatic rings. The normalized spacial score (nSPS) is 13.0. The molecule has 1 atom stereocenters. The standard InChI is InChI=1S/C13H26N2O2/c1-4-6-14(7-5-2)12-13(3)15(8-10-16)9-11-17/h4-5,13,16-17H,1-2,6-12H2,3H3. The molecule has 0 aromatic carbocycles. The molecule has 0 aliphatic carbocycles. The maximum Gasteiger partial charge on any atom is 0.0558 e. The Labute approximate surface area is 105 Å². The van der Waals surface area contributed by atoms with Crippen LogP contribution in [0, 0.1) is 0 Å². The van der Waals surface area contributed by atoms with Crippen LogP contribution < -0.4 is 0 Å². The average Bonchev–Trinajstić information content (AvgIpc) is 2.29. The Kier molecular flexibility index (Phi) is 10.1. The van der Waals surface area contributed by atoms with E-state index < -0.39 is 0 Å². The zero-order valence-electron chi connectivity index (χ0n) is 10.9. The van der Waals surface area contributed by atoms with E-state index in [2.05, 4.69) is 29.9 Å². The molecule has 0 aliphatic rings. The Morgan fingerprint density at radius 3 is 1.88 bits per heavy atom. The van der Waals surface area contributed by atoms with Crippen molar-refractivity contribution in [2.45, 2.75) is 13.0 Å². The van der Waals surface area contributed by atoms with Crippen molar-refractivity contribution in [2.24, 2.45) is 0 Å². The van der Waals surface area contributed by atoms with E-state index in [-0.39, 0.29) is 19.3 Å². The van der Waals surface area contributed by atoms with Gasteiger partial charge < -0.3 is 10.2 Å². The van der Waals surface area contributed by atoms with Gasteiger partial charge in [-0.15, -0.1) is 13.2 Å². The summed E-state index contributed by atoms with van der Waals surface area (Å²) in [6.45, 7) is 13.5. The van der Waals surface area contributed by atoms with Gasteiger partial charge in [0.05, 0.1) is 13.2 Å². The van der Waals surface area contributed by atoms with Crippen molar-refractivity contribution < 1.29 is 10.2 Å². The number of nitrogens with zero attached hydrogens (tertiary/aromatic N) is 2. The molecule has 0 radical (unpaired) electrons. The van der Waals surface area contributed by atoms with Crippen molar-refractivity contribution >= 4 is 0 Å². The summed E-state index contributed by atoms with van der Waals surface area (Å²) >= 11 is 0. The smallest absolute Gasteiger partial charge is 0.0558 e. The van der Waals surface area contributed by atoms with Crippen LogP contribution >= 0.6 is 0 Å². The minimum absolute atomic E-state index is 0.118. The minimum atomic E-state index is 0.118. The Morgan fingerprint density at radius 1 is 1.06 bits per heavy atom. The van der Waals surface area contributed by atoms with Gasteiger partial charge in [-0.25, -0.2) is 0 Å². The van der Waals surface area contributed by atoms with Gasteiger partial charge in [0.1, 0.15) is 0 Å². The summed E-state index contributed by atoms with van der Waals surface area (Å²) in [5.74, 6) is 0. The van der Waals surface area contributed by atoms with Gasteiger partial charge in [-0.05, 0) is 6.92 Å². The highest BCUT2D eigenvalue weighted by Gasteiger charge is 2.15. The molecule has 0 amide bonds. The fourth-order valence-electron chi connectivity index (χ4n) is 1.89. The van der Waals surface area contributed by atoms with E-state index in [9.17, 15) is 0 Å². The fourth-order valence-corrected chi connectivity index (χ4v) is 1.89. The van der Waals surface area contributed by atoms with E-state index in [4.69, 9.17) is 10.2 Å². The Bertz CT molecular complexity index is 194. The monoisotopic (exact) mass is 242 g/mol. The molecule has 2 N–H and O–H groups in total. The van der Waals surface area contributed by atoms with Crippen molar-refractivity contribution in [3.8, 4) is 0 Å². The van der Waals surface area contributed by atoms with Crippen LogP contribution in [-0.2, 0) is 0 Å². The summed E-state index contributed by atoms with van der Waals surface area (Å²) in [7, 11) is 0. The summed E-state index contributed by atoms with van der Waals surface area (Å²) in [6, 6.07) is 0.286. The Morgan fingerprint density at radius 2 is 1.53 bits per heavy atom. The van der Waals surface area contributed by atoms with Crippen LogP contribution in [0.15, 0.2) is 25.3 Å². The number of aliphatic hydroxyl groups is 2. The van der Waals surface area contributed by atoms with Crippen molar-refractivity contribution in [3.63, 3.8) is 0 Å². The molecule has 0 spiro atoms. The maximum atomic E-state index is 8.98. The molecule has 0 aromatic heterocycles. The summed E-state index contributed by atoms with van der Waals surface area (Å²) in [5.41, 5.74) is 0. The second-order valence-electron chi connectivity index (χ2n) is 4.13. The predicted octanol–water partition coefficient (Wildman–Crippen LogP) is 0.336. The number of hydrogen-bond donors (Lipinski definition) is 2. The van der Waals surface area contributed by atoms with Crippen molar-refractivity contribution in [1.82, 2.24) is 9.80 Å². The van der Waals surface area contributed by atoms with E-state index in [0.717, 1.165) is 19.6 Å². The van der Waals surface area contributed by atoms with Gasteiger partial charge in [-0.2, -0.15) is 0 Å². The van der Waals surface area contributed by atoms with Crippen LogP contribution in [-0.4, -0.2) is 72.0 Å². The topological polar surface area (TPSA) is 46.9 Å². The molecule has 0 saturated carbocycles. The lowest BCUT2D eigenvalue weighted by atomic mass is 10.2. The van der Waals surface area contributed by atoms with Crippen molar-refractivity contribution in [1.29, 1.82) is 0 Å². The van der Waals surface area contributed by atoms with E-state index in [1.165, 1.54) is 0 Å². The first-order valence-electron chi connectivity index (χ1n) is 6.09. The van der Waals surface area contributed by atoms with Crippen LogP contribution in [0.4, 0.5) is 0 Å². The second kappa shape index (κ2) is 10.5. The number of rotatable bonds is 11. The number of aliphatic hydroxyl groups excluding tert-OH is 2. The molecule has 0 rings (SSSR count). The largest absolute Gasteiger partial charge is 0.395 e. The van der Waals surface area contributed by atoms with Crippen molar-refractivity contribution in [3.05, 3.63) is 25.3 Å². The first kappa shape index (κ1) is 16.3. The maximum absolute atomic E-state index is 8.98. The molecule has 0 heterocycles. The van der Waals surface area contributed by atoms with Gasteiger partial charge in [-0.1, -0.05) is 12.2 Å². The third kappa shape index (κ3) is 7.28. The molecular weight excluding hydrogens is 216 g/mol. The molecular formula is C13H26N2O2. The van der Waals surface area contributed by atoms with Gasteiger partial charge in [0.25, 0.3) is 0 Å². The SMILES string of the molecule is C=CCN(CC=C)CC(C)N(CCO)CCO. The highest BCUT2D eigenvalue weighted by Crippen LogP contribution is 2.02.